The van der Waals surface area contributed by atoms with E-state index in [2.05, 4.69) is 52.9 Å². The Kier molecular flexibility index (Phi) is 6.87. The molecule has 1 aromatic heterocycles. The van der Waals surface area contributed by atoms with Crippen molar-refractivity contribution in [2.75, 3.05) is 16.4 Å². The molecule has 0 aliphatic carbocycles. The summed E-state index contributed by atoms with van der Waals surface area (Å²) < 4.78 is 2.00. The summed E-state index contributed by atoms with van der Waals surface area (Å²) in [6.07, 6.45) is 0. The molecule has 0 aliphatic rings. The van der Waals surface area contributed by atoms with Gasteiger partial charge < -0.3 is 10.6 Å². The van der Waals surface area contributed by atoms with Gasteiger partial charge in [-0.2, -0.15) is 0 Å². The van der Waals surface area contributed by atoms with Gasteiger partial charge in [-0.1, -0.05) is 65.9 Å². The number of carbonyl (C=O) groups is 1. The summed E-state index contributed by atoms with van der Waals surface area (Å²) in [7, 11) is 0. The van der Waals surface area contributed by atoms with Crippen LogP contribution in [0, 0.1) is 13.8 Å². The Hall–Kier alpha value is -3.58. The molecule has 0 radical (unpaired) electrons. The van der Waals surface area contributed by atoms with E-state index in [1.165, 1.54) is 22.9 Å². The van der Waals surface area contributed by atoms with Gasteiger partial charge in [-0.15, -0.1) is 10.2 Å². The molecule has 32 heavy (non-hydrogen) atoms. The van der Waals surface area contributed by atoms with Gasteiger partial charge in [0.15, 0.2) is 11.0 Å². The minimum Gasteiger partial charge on any atom is -0.378 e. The van der Waals surface area contributed by atoms with Gasteiger partial charge in [-0.25, -0.2) is 0 Å². The van der Waals surface area contributed by atoms with E-state index in [-0.39, 0.29) is 11.7 Å². The third-order valence-corrected chi connectivity index (χ3v) is 5.85. The summed E-state index contributed by atoms with van der Waals surface area (Å²) in [5.41, 5.74) is 5.22. The SMILES string of the molecule is Cc1ccc(NCc2nnc(SCC(=O)Nc3ccccc3)n2-c2ccccc2)c(C)c1. The fourth-order valence-electron chi connectivity index (χ4n) is 3.38. The van der Waals surface area contributed by atoms with Gasteiger partial charge in [-0.05, 0) is 49.7 Å². The molecule has 7 heteroatoms. The second-order valence-electron chi connectivity index (χ2n) is 7.44. The average Bonchev–Trinajstić information content (AvgIpc) is 3.21. The minimum atomic E-state index is -0.0845. The number of aryl methyl sites for hydroxylation is 2. The molecule has 3 aromatic carbocycles. The number of amides is 1. The molecular weight excluding hydrogens is 418 g/mol. The molecule has 0 bridgehead atoms. The Morgan fingerprint density at radius 1 is 0.938 bits per heavy atom. The highest BCUT2D eigenvalue weighted by Crippen LogP contribution is 2.24. The van der Waals surface area contributed by atoms with Crippen molar-refractivity contribution in [1.29, 1.82) is 0 Å². The van der Waals surface area contributed by atoms with E-state index in [9.17, 15) is 4.79 Å². The fourth-order valence-corrected chi connectivity index (χ4v) is 4.15. The van der Waals surface area contributed by atoms with Crippen molar-refractivity contribution in [3.8, 4) is 5.69 Å². The molecule has 0 saturated heterocycles. The smallest absolute Gasteiger partial charge is 0.234 e. The number of nitrogens with zero attached hydrogens (tertiary/aromatic N) is 3. The minimum absolute atomic E-state index is 0.0845. The highest BCUT2D eigenvalue weighted by Gasteiger charge is 2.16. The molecule has 4 aromatic rings. The van der Waals surface area contributed by atoms with Crippen LogP contribution in [0.4, 0.5) is 11.4 Å². The number of thioether (sulfide) groups is 1. The molecule has 6 nitrogen and oxygen atoms in total. The van der Waals surface area contributed by atoms with Crippen molar-refractivity contribution in [1.82, 2.24) is 14.8 Å². The van der Waals surface area contributed by atoms with Crippen LogP contribution in [-0.4, -0.2) is 26.4 Å². The Balaban J connectivity index is 1.51. The molecule has 4 rings (SSSR count). The Morgan fingerprint density at radius 3 is 2.38 bits per heavy atom. The molecule has 0 aliphatic heterocycles. The predicted molar refractivity (Wildman–Crippen MR) is 130 cm³/mol. The van der Waals surface area contributed by atoms with Crippen LogP contribution in [0.5, 0.6) is 0 Å². The maximum Gasteiger partial charge on any atom is 0.234 e. The van der Waals surface area contributed by atoms with Crippen molar-refractivity contribution in [2.24, 2.45) is 0 Å². The zero-order valence-corrected chi connectivity index (χ0v) is 18.9. The van der Waals surface area contributed by atoms with Gasteiger partial charge in [0.25, 0.3) is 0 Å². The van der Waals surface area contributed by atoms with Crippen LogP contribution in [0.25, 0.3) is 5.69 Å². The van der Waals surface area contributed by atoms with Crippen LogP contribution in [0.15, 0.2) is 84.0 Å². The first-order valence-corrected chi connectivity index (χ1v) is 11.4. The molecule has 1 amide bonds. The first kappa shape index (κ1) is 21.6. The number of aromatic nitrogens is 3. The maximum absolute atomic E-state index is 12.4. The van der Waals surface area contributed by atoms with Gasteiger partial charge in [-0.3, -0.25) is 9.36 Å². The molecular formula is C25H25N5OS. The Labute approximate surface area is 192 Å². The lowest BCUT2D eigenvalue weighted by Gasteiger charge is -2.13. The van der Waals surface area contributed by atoms with Gasteiger partial charge in [0.05, 0.1) is 12.3 Å². The molecule has 0 fully saturated rings. The lowest BCUT2D eigenvalue weighted by atomic mass is 10.1. The Morgan fingerprint density at radius 2 is 1.66 bits per heavy atom. The number of rotatable bonds is 8. The van der Waals surface area contributed by atoms with E-state index >= 15 is 0 Å². The van der Waals surface area contributed by atoms with Crippen LogP contribution in [0.3, 0.4) is 0 Å². The monoisotopic (exact) mass is 443 g/mol. The van der Waals surface area contributed by atoms with Crippen LogP contribution in [0.2, 0.25) is 0 Å². The normalized spacial score (nSPS) is 10.7. The van der Waals surface area contributed by atoms with E-state index in [1.807, 2.05) is 65.2 Å². The van der Waals surface area contributed by atoms with Crippen LogP contribution in [-0.2, 0) is 11.3 Å². The van der Waals surface area contributed by atoms with Crippen LogP contribution >= 0.6 is 11.8 Å². The van der Waals surface area contributed by atoms with Gasteiger partial charge in [0, 0.05) is 17.1 Å². The summed E-state index contributed by atoms with van der Waals surface area (Å²) in [6.45, 7) is 4.69. The standard InChI is InChI=1S/C25H25N5OS/c1-18-13-14-22(19(2)15-18)26-16-23-28-29-25(30(23)21-11-7-4-8-12-21)32-17-24(31)27-20-9-5-3-6-10-20/h3-15,26H,16-17H2,1-2H3,(H,27,31). The highest BCUT2D eigenvalue weighted by atomic mass is 32.2. The quantitative estimate of drug-likeness (QED) is 0.365. The van der Waals surface area contributed by atoms with E-state index in [0.29, 0.717) is 11.7 Å². The molecule has 0 atom stereocenters. The lowest BCUT2D eigenvalue weighted by Crippen LogP contribution is -2.14. The third kappa shape index (κ3) is 5.36. The van der Waals surface area contributed by atoms with Crippen LogP contribution < -0.4 is 10.6 Å². The van der Waals surface area contributed by atoms with E-state index in [1.54, 1.807) is 0 Å². The second-order valence-corrected chi connectivity index (χ2v) is 8.39. The van der Waals surface area contributed by atoms with Crippen molar-refractivity contribution in [3.05, 3.63) is 95.8 Å². The number of anilines is 2. The average molecular weight is 444 g/mol. The predicted octanol–water partition coefficient (Wildman–Crippen LogP) is 5.23. The number of hydrogen-bond acceptors (Lipinski definition) is 5. The first-order valence-electron chi connectivity index (χ1n) is 10.4. The van der Waals surface area contributed by atoms with Crippen molar-refractivity contribution in [2.45, 2.75) is 25.5 Å². The van der Waals surface area contributed by atoms with Gasteiger partial charge in [0.1, 0.15) is 0 Å². The largest absolute Gasteiger partial charge is 0.378 e. The van der Waals surface area contributed by atoms with E-state index in [4.69, 9.17) is 0 Å². The molecule has 0 unspecified atom stereocenters. The lowest BCUT2D eigenvalue weighted by molar-refractivity contribution is -0.113. The topological polar surface area (TPSA) is 71.8 Å². The first-order chi connectivity index (χ1) is 15.6. The highest BCUT2D eigenvalue weighted by molar-refractivity contribution is 7.99. The van der Waals surface area contributed by atoms with Crippen molar-refractivity contribution < 1.29 is 4.79 Å². The summed E-state index contributed by atoms with van der Waals surface area (Å²) in [5.74, 6) is 0.936. The van der Waals surface area contributed by atoms with Crippen molar-refractivity contribution >= 4 is 29.0 Å². The summed E-state index contributed by atoms with van der Waals surface area (Å²) in [4.78, 5) is 12.4. The summed E-state index contributed by atoms with van der Waals surface area (Å²) in [5, 5.41) is 15.8. The summed E-state index contributed by atoms with van der Waals surface area (Å²) in [6, 6.07) is 25.7. The molecule has 0 spiro atoms. The maximum atomic E-state index is 12.4. The van der Waals surface area contributed by atoms with Gasteiger partial charge in [0.2, 0.25) is 5.91 Å². The van der Waals surface area contributed by atoms with Crippen LogP contribution in [0.1, 0.15) is 17.0 Å². The molecule has 162 valence electrons. The van der Waals surface area contributed by atoms with Gasteiger partial charge >= 0.3 is 0 Å². The number of para-hydroxylation sites is 2. The van der Waals surface area contributed by atoms with Crippen molar-refractivity contribution in [3.63, 3.8) is 0 Å². The zero-order valence-electron chi connectivity index (χ0n) is 18.1. The zero-order chi connectivity index (χ0) is 22.3. The number of benzene rings is 3. The molecule has 0 saturated carbocycles. The summed E-state index contributed by atoms with van der Waals surface area (Å²) >= 11 is 1.37. The molecule has 2 N–H and O–H groups in total. The number of nitrogens with one attached hydrogen (secondary N) is 2. The number of carbonyl (C=O) groups excluding carboxylic acids is 1. The van der Waals surface area contributed by atoms with E-state index < -0.39 is 0 Å². The third-order valence-electron chi connectivity index (χ3n) is 4.92. The Bertz CT molecular complexity index is 1190. The van der Waals surface area contributed by atoms with E-state index in [0.717, 1.165) is 22.9 Å². The second kappa shape index (κ2) is 10.2. The number of hydrogen-bond donors (Lipinski definition) is 2. The molecule has 1 heterocycles. The fraction of sp³-hybridized carbons (Fsp3) is 0.160.